The van der Waals surface area contributed by atoms with Crippen LogP contribution in [0.2, 0.25) is 0 Å². The minimum absolute atomic E-state index is 0.0886. The van der Waals surface area contributed by atoms with Gasteiger partial charge in [-0.1, -0.05) is 30.3 Å². The molecule has 0 N–H and O–H groups in total. The molecule has 2 amide bonds. The molecule has 1 aliphatic rings. The summed E-state index contributed by atoms with van der Waals surface area (Å²) in [7, 11) is 3.22. The average Bonchev–Trinajstić information content (AvgIpc) is 3.32. The SMILES string of the molecule is CN(C)C(=O)C=CN1C[C@@H](COC(=O)c2csc(-c3ccccc3)n2)OC1=O. The molecule has 1 fully saturated rings. The summed E-state index contributed by atoms with van der Waals surface area (Å²) in [4.78, 5) is 42.5. The highest BCUT2D eigenvalue weighted by atomic mass is 32.1. The Labute approximate surface area is 166 Å². The lowest BCUT2D eigenvalue weighted by Crippen LogP contribution is -2.24. The van der Waals surface area contributed by atoms with Crippen molar-refractivity contribution in [1.82, 2.24) is 14.8 Å². The molecular weight excluding hydrogens is 382 g/mol. The van der Waals surface area contributed by atoms with Crippen molar-refractivity contribution < 1.29 is 23.9 Å². The third-order valence-electron chi connectivity index (χ3n) is 3.87. The van der Waals surface area contributed by atoms with Crippen molar-refractivity contribution in [3.05, 3.63) is 53.7 Å². The van der Waals surface area contributed by atoms with E-state index in [4.69, 9.17) is 9.47 Å². The van der Waals surface area contributed by atoms with Crippen molar-refractivity contribution in [2.45, 2.75) is 6.10 Å². The van der Waals surface area contributed by atoms with Crippen molar-refractivity contribution in [3.63, 3.8) is 0 Å². The number of likely N-dealkylation sites (N-methyl/N-ethyl adjacent to an activating group) is 1. The number of nitrogens with zero attached hydrogens (tertiary/aromatic N) is 3. The number of amides is 2. The van der Waals surface area contributed by atoms with Crippen molar-refractivity contribution >= 4 is 29.3 Å². The van der Waals surface area contributed by atoms with Crippen LogP contribution >= 0.6 is 11.3 Å². The molecule has 2 heterocycles. The van der Waals surface area contributed by atoms with Crippen molar-refractivity contribution in [2.75, 3.05) is 27.2 Å². The van der Waals surface area contributed by atoms with Gasteiger partial charge in [0.1, 0.15) is 11.6 Å². The van der Waals surface area contributed by atoms with Crippen LogP contribution in [0.25, 0.3) is 10.6 Å². The third-order valence-corrected chi connectivity index (χ3v) is 4.77. The smallest absolute Gasteiger partial charge is 0.414 e. The third kappa shape index (κ3) is 4.74. The minimum atomic E-state index is -0.609. The molecule has 0 bridgehead atoms. The summed E-state index contributed by atoms with van der Waals surface area (Å²) in [5.41, 5.74) is 1.13. The van der Waals surface area contributed by atoms with E-state index in [2.05, 4.69) is 4.98 Å². The van der Waals surface area contributed by atoms with Gasteiger partial charge in [-0.15, -0.1) is 11.3 Å². The van der Waals surface area contributed by atoms with E-state index in [-0.39, 0.29) is 24.8 Å². The Kier molecular flexibility index (Phi) is 6.05. The molecule has 9 heteroatoms. The molecule has 1 aliphatic heterocycles. The maximum atomic E-state index is 12.2. The first-order valence-corrected chi connectivity index (χ1v) is 9.37. The largest absolute Gasteiger partial charge is 0.457 e. The zero-order valence-electron chi connectivity index (χ0n) is 15.4. The lowest BCUT2D eigenvalue weighted by molar-refractivity contribution is -0.123. The summed E-state index contributed by atoms with van der Waals surface area (Å²) in [6, 6.07) is 9.53. The minimum Gasteiger partial charge on any atom is -0.457 e. The lowest BCUT2D eigenvalue weighted by atomic mass is 10.2. The number of thiazole rings is 1. The van der Waals surface area contributed by atoms with E-state index in [1.165, 1.54) is 33.4 Å². The fourth-order valence-electron chi connectivity index (χ4n) is 2.38. The molecule has 28 heavy (non-hydrogen) atoms. The zero-order valence-corrected chi connectivity index (χ0v) is 16.2. The van der Waals surface area contributed by atoms with Gasteiger partial charge in [-0.2, -0.15) is 0 Å². The number of rotatable bonds is 6. The monoisotopic (exact) mass is 401 g/mol. The lowest BCUT2D eigenvalue weighted by Gasteiger charge is -2.09. The Hall–Kier alpha value is -3.20. The van der Waals surface area contributed by atoms with Gasteiger partial charge >= 0.3 is 12.1 Å². The summed E-state index contributed by atoms with van der Waals surface area (Å²) in [5.74, 6) is -0.827. The topological polar surface area (TPSA) is 89.0 Å². The predicted octanol–water partition coefficient (Wildman–Crippen LogP) is 2.39. The van der Waals surface area contributed by atoms with Gasteiger partial charge in [0, 0.05) is 37.3 Å². The second-order valence-corrected chi connectivity index (χ2v) is 7.07. The molecule has 0 unspecified atom stereocenters. The van der Waals surface area contributed by atoms with Crippen LogP contribution in [0.1, 0.15) is 10.5 Å². The highest BCUT2D eigenvalue weighted by molar-refractivity contribution is 7.13. The standard InChI is InChI=1S/C19H19N3O5S/c1-21(2)16(23)8-9-22-10-14(27-19(22)25)11-26-18(24)15-12-28-17(20-15)13-6-4-3-5-7-13/h3-9,12,14H,10-11H2,1-2H3/t14-/m0/s1. The van der Waals surface area contributed by atoms with Gasteiger partial charge in [0.05, 0.1) is 6.54 Å². The Morgan fingerprint density at radius 3 is 2.82 bits per heavy atom. The summed E-state index contributed by atoms with van der Waals surface area (Å²) in [6.07, 6.45) is 1.43. The van der Waals surface area contributed by atoms with Crippen LogP contribution in [0.15, 0.2) is 48.0 Å². The number of hydrogen-bond donors (Lipinski definition) is 0. The van der Waals surface area contributed by atoms with E-state index in [1.807, 2.05) is 30.3 Å². The molecule has 3 rings (SSSR count). The molecule has 1 atom stereocenters. The van der Waals surface area contributed by atoms with Crippen LogP contribution in [-0.2, 0) is 14.3 Å². The quantitative estimate of drug-likeness (QED) is 0.545. The van der Waals surface area contributed by atoms with E-state index < -0.39 is 18.2 Å². The van der Waals surface area contributed by atoms with Gasteiger partial charge in [-0.05, 0) is 0 Å². The highest BCUT2D eigenvalue weighted by Gasteiger charge is 2.31. The fourth-order valence-corrected chi connectivity index (χ4v) is 3.17. The Bertz CT molecular complexity index is 894. The van der Waals surface area contributed by atoms with E-state index in [1.54, 1.807) is 19.5 Å². The van der Waals surface area contributed by atoms with E-state index in [0.717, 1.165) is 10.6 Å². The number of esters is 1. The van der Waals surface area contributed by atoms with Crippen LogP contribution in [0.4, 0.5) is 4.79 Å². The van der Waals surface area contributed by atoms with Gasteiger partial charge in [0.25, 0.3) is 0 Å². The van der Waals surface area contributed by atoms with Gasteiger partial charge < -0.3 is 14.4 Å². The van der Waals surface area contributed by atoms with E-state index in [0.29, 0.717) is 0 Å². The molecule has 146 valence electrons. The molecule has 2 aromatic rings. The maximum absolute atomic E-state index is 12.2. The van der Waals surface area contributed by atoms with Crippen LogP contribution in [0.5, 0.6) is 0 Å². The van der Waals surface area contributed by atoms with E-state index >= 15 is 0 Å². The highest BCUT2D eigenvalue weighted by Crippen LogP contribution is 2.23. The molecule has 0 radical (unpaired) electrons. The number of cyclic esters (lactones) is 1. The predicted molar refractivity (Wildman–Crippen MR) is 103 cm³/mol. The first-order valence-electron chi connectivity index (χ1n) is 8.49. The second-order valence-electron chi connectivity index (χ2n) is 6.21. The van der Waals surface area contributed by atoms with Crippen molar-refractivity contribution in [2.24, 2.45) is 0 Å². The van der Waals surface area contributed by atoms with Gasteiger partial charge in [0.2, 0.25) is 5.91 Å². The zero-order chi connectivity index (χ0) is 20.1. The van der Waals surface area contributed by atoms with E-state index in [9.17, 15) is 14.4 Å². The average molecular weight is 401 g/mol. The molecule has 0 aliphatic carbocycles. The fraction of sp³-hybridized carbons (Fsp3) is 0.263. The molecular formula is C19H19N3O5S. The number of ether oxygens (including phenoxy) is 2. The van der Waals surface area contributed by atoms with Crippen LogP contribution < -0.4 is 0 Å². The van der Waals surface area contributed by atoms with Crippen LogP contribution in [0, 0.1) is 0 Å². The molecule has 8 nitrogen and oxygen atoms in total. The summed E-state index contributed by atoms with van der Waals surface area (Å²) in [5, 5.41) is 2.36. The van der Waals surface area contributed by atoms with Gasteiger partial charge in [-0.25, -0.2) is 14.6 Å². The van der Waals surface area contributed by atoms with Crippen molar-refractivity contribution in [3.8, 4) is 10.6 Å². The molecule has 1 aromatic heterocycles. The van der Waals surface area contributed by atoms with Crippen molar-refractivity contribution in [1.29, 1.82) is 0 Å². The number of carbonyl (C=O) groups excluding carboxylic acids is 3. The number of carbonyl (C=O) groups is 3. The summed E-state index contributed by atoms with van der Waals surface area (Å²) < 4.78 is 10.4. The van der Waals surface area contributed by atoms with Gasteiger partial charge in [0.15, 0.2) is 11.8 Å². The second kappa shape index (κ2) is 8.66. The van der Waals surface area contributed by atoms with Crippen LogP contribution in [0.3, 0.4) is 0 Å². The number of hydrogen-bond acceptors (Lipinski definition) is 7. The first-order chi connectivity index (χ1) is 13.4. The summed E-state index contributed by atoms with van der Waals surface area (Å²) in [6.45, 7) is 0.102. The molecule has 1 aromatic carbocycles. The van der Waals surface area contributed by atoms with Crippen LogP contribution in [-0.4, -0.2) is 66.1 Å². The summed E-state index contributed by atoms with van der Waals surface area (Å²) >= 11 is 1.35. The number of benzene rings is 1. The Morgan fingerprint density at radius 1 is 1.36 bits per heavy atom. The Morgan fingerprint density at radius 2 is 2.11 bits per heavy atom. The normalized spacial score (nSPS) is 16.3. The maximum Gasteiger partial charge on any atom is 0.414 e. The number of aromatic nitrogens is 1. The molecule has 0 spiro atoms. The molecule has 1 saturated heterocycles. The Balaban J connectivity index is 1.52. The van der Waals surface area contributed by atoms with Gasteiger partial charge in [-0.3, -0.25) is 9.69 Å². The molecule has 0 saturated carbocycles. The first kappa shape index (κ1) is 19.6.